The number of benzene rings is 1. The Morgan fingerprint density at radius 3 is 2.53 bits per heavy atom. The molecular formula is C13H14N4O2. The van der Waals surface area contributed by atoms with Crippen molar-refractivity contribution in [1.29, 1.82) is 10.5 Å². The summed E-state index contributed by atoms with van der Waals surface area (Å²) in [5.74, 6) is -0.461. The second-order valence-corrected chi connectivity index (χ2v) is 3.67. The Morgan fingerprint density at radius 1 is 1.37 bits per heavy atom. The first-order valence-corrected chi connectivity index (χ1v) is 5.69. The van der Waals surface area contributed by atoms with E-state index in [-0.39, 0.29) is 19.7 Å². The molecule has 0 aliphatic carbocycles. The molecule has 0 atom stereocenters. The lowest BCUT2D eigenvalue weighted by molar-refractivity contribution is 0.0526. The van der Waals surface area contributed by atoms with Crippen LogP contribution in [-0.4, -0.2) is 25.7 Å². The van der Waals surface area contributed by atoms with Crippen molar-refractivity contribution in [2.45, 2.75) is 6.92 Å². The number of anilines is 2. The lowest BCUT2D eigenvalue weighted by Gasteiger charge is -2.20. The lowest BCUT2D eigenvalue weighted by atomic mass is 10.1. The molecule has 0 saturated heterocycles. The summed E-state index contributed by atoms with van der Waals surface area (Å²) in [6.45, 7) is 2.03. The summed E-state index contributed by atoms with van der Waals surface area (Å²) in [6, 6.07) is 8.55. The highest BCUT2D eigenvalue weighted by molar-refractivity contribution is 5.92. The fourth-order valence-electron chi connectivity index (χ4n) is 1.56. The van der Waals surface area contributed by atoms with E-state index in [9.17, 15) is 4.79 Å². The summed E-state index contributed by atoms with van der Waals surface area (Å²) >= 11 is 0. The number of hydrogen-bond acceptors (Lipinski definition) is 6. The van der Waals surface area contributed by atoms with Crippen LogP contribution in [0.3, 0.4) is 0 Å². The molecule has 0 heterocycles. The number of nitrogens with zero attached hydrogens (tertiary/aromatic N) is 3. The van der Waals surface area contributed by atoms with Crippen LogP contribution in [0, 0.1) is 22.7 Å². The van der Waals surface area contributed by atoms with E-state index in [2.05, 4.69) is 0 Å². The SMILES string of the molecule is CCOC(=O)c1ccc(N)c(N(CC#N)CC#N)c1. The molecule has 1 aromatic carbocycles. The van der Waals surface area contributed by atoms with Gasteiger partial charge in [-0.15, -0.1) is 0 Å². The number of ether oxygens (including phenoxy) is 1. The first kappa shape index (κ1) is 14.3. The predicted molar refractivity (Wildman–Crippen MR) is 70.2 cm³/mol. The quantitative estimate of drug-likeness (QED) is 0.485. The molecule has 0 radical (unpaired) electrons. The molecule has 0 spiro atoms. The molecule has 1 rings (SSSR count). The summed E-state index contributed by atoms with van der Waals surface area (Å²) in [7, 11) is 0. The van der Waals surface area contributed by atoms with Crippen LogP contribution < -0.4 is 10.6 Å². The Kier molecular flexibility index (Phi) is 5.18. The third-order valence-corrected chi connectivity index (χ3v) is 2.41. The molecular weight excluding hydrogens is 244 g/mol. The van der Waals surface area contributed by atoms with Gasteiger partial charge in [-0.05, 0) is 25.1 Å². The van der Waals surface area contributed by atoms with Crippen molar-refractivity contribution in [1.82, 2.24) is 0 Å². The van der Waals surface area contributed by atoms with E-state index in [4.69, 9.17) is 21.0 Å². The third-order valence-electron chi connectivity index (χ3n) is 2.41. The molecule has 6 heteroatoms. The van der Waals surface area contributed by atoms with Gasteiger partial charge in [0.05, 0.1) is 35.7 Å². The van der Waals surface area contributed by atoms with Crippen LogP contribution in [0.5, 0.6) is 0 Å². The molecule has 0 aliphatic rings. The van der Waals surface area contributed by atoms with E-state index in [1.165, 1.54) is 11.0 Å². The van der Waals surface area contributed by atoms with Gasteiger partial charge in [0.25, 0.3) is 0 Å². The molecule has 0 unspecified atom stereocenters. The fraction of sp³-hybridized carbons (Fsp3) is 0.308. The Labute approximate surface area is 111 Å². The fourth-order valence-corrected chi connectivity index (χ4v) is 1.56. The van der Waals surface area contributed by atoms with Crippen molar-refractivity contribution in [3.63, 3.8) is 0 Å². The normalized spacial score (nSPS) is 9.21. The van der Waals surface area contributed by atoms with Gasteiger partial charge in [-0.3, -0.25) is 0 Å². The van der Waals surface area contributed by atoms with Crippen LogP contribution in [0.1, 0.15) is 17.3 Å². The number of carbonyl (C=O) groups excluding carboxylic acids is 1. The smallest absolute Gasteiger partial charge is 0.338 e. The van der Waals surface area contributed by atoms with Crippen molar-refractivity contribution in [3.05, 3.63) is 23.8 Å². The van der Waals surface area contributed by atoms with Gasteiger partial charge in [-0.2, -0.15) is 10.5 Å². The Balaban J connectivity index is 3.12. The van der Waals surface area contributed by atoms with Crippen molar-refractivity contribution >= 4 is 17.3 Å². The van der Waals surface area contributed by atoms with E-state index < -0.39 is 5.97 Å². The summed E-state index contributed by atoms with van der Waals surface area (Å²) in [4.78, 5) is 13.1. The van der Waals surface area contributed by atoms with Crippen LogP contribution in [-0.2, 0) is 4.74 Å². The number of nitriles is 2. The second-order valence-electron chi connectivity index (χ2n) is 3.67. The van der Waals surface area contributed by atoms with Crippen molar-refractivity contribution in [2.75, 3.05) is 30.3 Å². The minimum Gasteiger partial charge on any atom is -0.462 e. The van der Waals surface area contributed by atoms with Gasteiger partial charge in [-0.1, -0.05) is 0 Å². The van der Waals surface area contributed by atoms with Crippen molar-refractivity contribution in [2.24, 2.45) is 0 Å². The van der Waals surface area contributed by atoms with E-state index in [0.29, 0.717) is 16.9 Å². The number of esters is 1. The van der Waals surface area contributed by atoms with Crippen LogP contribution >= 0.6 is 0 Å². The highest BCUT2D eigenvalue weighted by atomic mass is 16.5. The molecule has 0 aromatic heterocycles. The topological polar surface area (TPSA) is 103 Å². The van der Waals surface area contributed by atoms with E-state index >= 15 is 0 Å². The highest BCUT2D eigenvalue weighted by Gasteiger charge is 2.14. The summed E-state index contributed by atoms with van der Waals surface area (Å²) in [6.07, 6.45) is 0. The number of carbonyl (C=O) groups is 1. The average Bonchev–Trinajstić information content (AvgIpc) is 2.39. The van der Waals surface area contributed by atoms with Gasteiger partial charge < -0.3 is 15.4 Å². The van der Waals surface area contributed by atoms with Gasteiger partial charge in [-0.25, -0.2) is 4.79 Å². The van der Waals surface area contributed by atoms with E-state index in [0.717, 1.165) is 0 Å². The number of rotatable bonds is 5. The minimum atomic E-state index is -0.461. The van der Waals surface area contributed by atoms with Gasteiger partial charge in [0.15, 0.2) is 0 Å². The maximum absolute atomic E-state index is 11.6. The second kappa shape index (κ2) is 6.87. The Hall–Kier alpha value is -2.73. The minimum absolute atomic E-state index is 0.0179. The molecule has 0 saturated carbocycles. The number of hydrogen-bond donors (Lipinski definition) is 1. The van der Waals surface area contributed by atoms with Crippen LogP contribution in [0.2, 0.25) is 0 Å². The van der Waals surface area contributed by atoms with Crippen molar-refractivity contribution in [3.8, 4) is 12.1 Å². The molecule has 1 aromatic rings. The zero-order chi connectivity index (χ0) is 14.3. The zero-order valence-electron chi connectivity index (χ0n) is 10.6. The van der Waals surface area contributed by atoms with Crippen molar-refractivity contribution < 1.29 is 9.53 Å². The van der Waals surface area contributed by atoms with Gasteiger partial charge in [0, 0.05) is 0 Å². The molecule has 6 nitrogen and oxygen atoms in total. The molecule has 0 fully saturated rings. The average molecular weight is 258 g/mol. The first-order chi connectivity index (χ1) is 9.13. The molecule has 0 amide bonds. The summed E-state index contributed by atoms with van der Waals surface area (Å²) in [5, 5.41) is 17.5. The maximum atomic E-state index is 11.6. The maximum Gasteiger partial charge on any atom is 0.338 e. The Bertz CT molecular complexity index is 527. The standard InChI is InChI=1S/C13H14N4O2/c1-2-19-13(18)10-3-4-11(16)12(9-10)17(7-5-14)8-6-15/h3-4,9H,2,7-8,16H2,1H3. The van der Waals surface area contributed by atoms with E-state index in [1.54, 1.807) is 19.1 Å². The first-order valence-electron chi connectivity index (χ1n) is 5.69. The lowest BCUT2D eigenvalue weighted by Crippen LogP contribution is -2.25. The molecule has 98 valence electrons. The zero-order valence-corrected chi connectivity index (χ0v) is 10.6. The van der Waals surface area contributed by atoms with E-state index in [1.807, 2.05) is 12.1 Å². The monoisotopic (exact) mass is 258 g/mol. The third kappa shape index (κ3) is 3.62. The number of nitrogens with two attached hydrogens (primary N) is 1. The molecule has 0 aliphatic heterocycles. The molecule has 19 heavy (non-hydrogen) atoms. The predicted octanol–water partition coefficient (Wildman–Crippen LogP) is 1.30. The highest BCUT2D eigenvalue weighted by Crippen LogP contribution is 2.24. The van der Waals surface area contributed by atoms with Crippen LogP contribution in [0.4, 0.5) is 11.4 Å². The van der Waals surface area contributed by atoms with Crippen LogP contribution in [0.15, 0.2) is 18.2 Å². The summed E-state index contributed by atoms with van der Waals surface area (Å²) < 4.78 is 4.89. The summed E-state index contributed by atoms with van der Waals surface area (Å²) in [5.41, 5.74) is 7.03. The molecule has 0 bridgehead atoms. The number of nitrogen functional groups attached to an aromatic ring is 1. The van der Waals surface area contributed by atoms with Crippen LogP contribution in [0.25, 0.3) is 0 Å². The largest absolute Gasteiger partial charge is 0.462 e. The van der Waals surface area contributed by atoms with Gasteiger partial charge >= 0.3 is 5.97 Å². The van der Waals surface area contributed by atoms with Gasteiger partial charge in [0.2, 0.25) is 0 Å². The van der Waals surface area contributed by atoms with Gasteiger partial charge in [0.1, 0.15) is 13.1 Å². The molecule has 2 N–H and O–H groups in total. The Morgan fingerprint density at radius 2 is 2.00 bits per heavy atom.